The minimum atomic E-state index is -3.03. The lowest BCUT2D eigenvalue weighted by Gasteiger charge is -2.27. The first-order valence-corrected chi connectivity index (χ1v) is 7.18. The Morgan fingerprint density at radius 3 is 2.76 bits per heavy atom. The van der Waals surface area contributed by atoms with Crippen LogP contribution in [0.4, 0.5) is 0 Å². The quantitative estimate of drug-likeness (QED) is 0.669. The topological polar surface area (TPSA) is 87.5 Å². The lowest BCUT2D eigenvalue weighted by Crippen LogP contribution is -2.42. The van der Waals surface area contributed by atoms with Crippen LogP contribution in [0, 0.1) is 11.3 Å². The number of carbonyl (C=O) groups excluding carboxylic acids is 1. The molecule has 0 saturated carbocycles. The third-order valence-electron chi connectivity index (χ3n) is 2.74. The molecule has 0 aromatic rings. The van der Waals surface area contributed by atoms with Crippen molar-refractivity contribution in [3.8, 4) is 6.07 Å². The predicted molar refractivity (Wildman–Crippen MR) is 60.9 cm³/mol. The van der Waals surface area contributed by atoms with Crippen LogP contribution in [-0.4, -0.2) is 57.0 Å². The monoisotopic (exact) mass is 260 g/mol. The van der Waals surface area contributed by atoms with Gasteiger partial charge in [0, 0.05) is 19.7 Å². The van der Waals surface area contributed by atoms with Gasteiger partial charge in [-0.05, 0) is 6.42 Å². The van der Waals surface area contributed by atoms with Gasteiger partial charge in [-0.1, -0.05) is 0 Å². The Morgan fingerprint density at radius 1 is 1.59 bits per heavy atom. The van der Waals surface area contributed by atoms with Gasteiger partial charge in [0.1, 0.15) is 6.42 Å². The molecule has 0 radical (unpaired) electrons. The summed E-state index contributed by atoms with van der Waals surface area (Å²) in [4.78, 5) is 13.2. The average molecular weight is 260 g/mol. The number of ether oxygens (including phenoxy) is 1. The molecule has 1 amide bonds. The van der Waals surface area contributed by atoms with E-state index in [1.54, 1.807) is 6.07 Å². The number of hydrogen-bond donors (Lipinski definition) is 0. The van der Waals surface area contributed by atoms with Gasteiger partial charge >= 0.3 is 0 Å². The third-order valence-corrected chi connectivity index (χ3v) is 4.49. The molecule has 1 aliphatic heterocycles. The van der Waals surface area contributed by atoms with Crippen LogP contribution < -0.4 is 0 Å². The van der Waals surface area contributed by atoms with Gasteiger partial charge in [-0.25, -0.2) is 8.42 Å². The van der Waals surface area contributed by atoms with E-state index in [0.717, 1.165) is 0 Å². The molecule has 6 nitrogen and oxygen atoms in total. The SMILES string of the molecule is COCCN(C(=O)CC#N)C1CCS(=O)(=O)C1. The number of carbonyl (C=O) groups is 1. The molecule has 1 atom stereocenters. The highest BCUT2D eigenvalue weighted by molar-refractivity contribution is 7.91. The van der Waals surface area contributed by atoms with Gasteiger partial charge in [-0.15, -0.1) is 0 Å². The second-order valence-electron chi connectivity index (χ2n) is 3.97. The Morgan fingerprint density at radius 2 is 2.29 bits per heavy atom. The second-order valence-corrected chi connectivity index (χ2v) is 6.20. The van der Waals surface area contributed by atoms with Crippen LogP contribution >= 0.6 is 0 Å². The molecule has 1 heterocycles. The Balaban J connectivity index is 2.70. The van der Waals surface area contributed by atoms with E-state index in [0.29, 0.717) is 19.6 Å². The molecule has 96 valence electrons. The van der Waals surface area contributed by atoms with E-state index >= 15 is 0 Å². The summed E-state index contributed by atoms with van der Waals surface area (Å²) < 4.78 is 27.6. The molecule has 0 aliphatic carbocycles. The van der Waals surface area contributed by atoms with Crippen LogP contribution in [0.25, 0.3) is 0 Å². The molecular weight excluding hydrogens is 244 g/mol. The van der Waals surface area contributed by atoms with Crippen molar-refractivity contribution in [2.24, 2.45) is 0 Å². The molecule has 0 aromatic carbocycles. The van der Waals surface area contributed by atoms with E-state index in [9.17, 15) is 13.2 Å². The lowest BCUT2D eigenvalue weighted by atomic mass is 10.2. The number of amides is 1. The van der Waals surface area contributed by atoms with Crippen molar-refractivity contribution in [2.75, 3.05) is 31.8 Å². The van der Waals surface area contributed by atoms with Crippen molar-refractivity contribution in [1.29, 1.82) is 5.26 Å². The maximum absolute atomic E-state index is 11.7. The molecule has 0 aromatic heterocycles. The molecule has 0 spiro atoms. The third kappa shape index (κ3) is 3.98. The Bertz CT molecular complexity index is 413. The first-order valence-electron chi connectivity index (χ1n) is 5.36. The normalized spacial score (nSPS) is 22.0. The van der Waals surface area contributed by atoms with E-state index in [1.807, 2.05) is 0 Å². The first kappa shape index (κ1) is 13.9. The molecule has 0 bridgehead atoms. The van der Waals surface area contributed by atoms with Crippen LogP contribution in [0.5, 0.6) is 0 Å². The minimum Gasteiger partial charge on any atom is -0.383 e. The summed E-state index contributed by atoms with van der Waals surface area (Å²) in [6.45, 7) is 0.672. The van der Waals surface area contributed by atoms with Crippen molar-refractivity contribution < 1.29 is 17.9 Å². The van der Waals surface area contributed by atoms with Gasteiger partial charge < -0.3 is 9.64 Å². The van der Waals surface area contributed by atoms with E-state index < -0.39 is 9.84 Å². The predicted octanol–water partition coefficient (Wildman–Crippen LogP) is -0.438. The Kier molecular flexibility index (Phi) is 4.90. The molecule has 1 rings (SSSR count). The van der Waals surface area contributed by atoms with E-state index in [4.69, 9.17) is 10.00 Å². The minimum absolute atomic E-state index is 0.00607. The van der Waals surface area contributed by atoms with Gasteiger partial charge in [-0.3, -0.25) is 4.79 Å². The maximum Gasteiger partial charge on any atom is 0.237 e. The fourth-order valence-electron chi connectivity index (χ4n) is 1.89. The smallest absolute Gasteiger partial charge is 0.237 e. The van der Waals surface area contributed by atoms with E-state index in [-0.39, 0.29) is 29.9 Å². The van der Waals surface area contributed by atoms with Crippen LogP contribution in [-0.2, 0) is 19.4 Å². The number of sulfone groups is 1. The lowest BCUT2D eigenvalue weighted by molar-refractivity contribution is -0.132. The first-order chi connectivity index (χ1) is 8.00. The van der Waals surface area contributed by atoms with Crippen LogP contribution in [0.2, 0.25) is 0 Å². The molecule has 1 saturated heterocycles. The number of nitriles is 1. The highest BCUT2D eigenvalue weighted by Gasteiger charge is 2.34. The zero-order chi connectivity index (χ0) is 12.9. The highest BCUT2D eigenvalue weighted by atomic mass is 32.2. The van der Waals surface area contributed by atoms with Gasteiger partial charge in [0.25, 0.3) is 0 Å². The molecular formula is C10H16N2O4S. The second kappa shape index (κ2) is 5.98. The fourth-order valence-corrected chi connectivity index (χ4v) is 3.62. The van der Waals surface area contributed by atoms with Crippen LogP contribution in [0.15, 0.2) is 0 Å². The largest absolute Gasteiger partial charge is 0.383 e. The zero-order valence-electron chi connectivity index (χ0n) is 9.76. The van der Waals surface area contributed by atoms with Crippen LogP contribution in [0.1, 0.15) is 12.8 Å². The molecule has 1 unspecified atom stereocenters. The summed E-state index contributed by atoms with van der Waals surface area (Å²) in [7, 11) is -1.52. The standard InChI is InChI=1S/C10H16N2O4S/c1-16-6-5-12(10(13)2-4-11)9-3-7-17(14,15)8-9/h9H,2-3,5-8H2,1H3. The highest BCUT2D eigenvalue weighted by Crippen LogP contribution is 2.18. The molecule has 1 fully saturated rings. The van der Waals surface area contributed by atoms with E-state index in [2.05, 4.69) is 0 Å². The van der Waals surface area contributed by atoms with Crippen molar-refractivity contribution >= 4 is 15.7 Å². The number of rotatable bonds is 5. The molecule has 0 N–H and O–H groups in total. The van der Waals surface area contributed by atoms with Gasteiger partial charge in [0.2, 0.25) is 5.91 Å². The summed E-state index contributed by atoms with van der Waals surface area (Å²) in [6, 6.07) is 1.48. The van der Waals surface area contributed by atoms with Gasteiger partial charge in [0.05, 0.1) is 24.2 Å². The van der Waals surface area contributed by atoms with E-state index in [1.165, 1.54) is 12.0 Å². The fraction of sp³-hybridized carbons (Fsp3) is 0.800. The van der Waals surface area contributed by atoms with Crippen molar-refractivity contribution in [2.45, 2.75) is 18.9 Å². The summed E-state index contributed by atoms with van der Waals surface area (Å²) in [6.07, 6.45) is 0.226. The van der Waals surface area contributed by atoms with Gasteiger partial charge in [0.15, 0.2) is 9.84 Å². The molecule has 17 heavy (non-hydrogen) atoms. The molecule has 1 aliphatic rings. The Labute approximate surface area is 101 Å². The Hall–Kier alpha value is -1.13. The average Bonchev–Trinajstić information content (AvgIpc) is 2.60. The van der Waals surface area contributed by atoms with Crippen LogP contribution in [0.3, 0.4) is 0 Å². The number of methoxy groups -OCH3 is 1. The summed E-state index contributed by atoms with van der Waals surface area (Å²) in [5, 5.41) is 8.51. The van der Waals surface area contributed by atoms with Crippen molar-refractivity contribution in [3.63, 3.8) is 0 Å². The summed E-state index contributed by atoms with van der Waals surface area (Å²) in [5.41, 5.74) is 0. The number of hydrogen-bond acceptors (Lipinski definition) is 5. The summed E-state index contributed by atoms with van der Waals surface area (Å²) >= 11 is 0. The van der Waals surface area contributed by atoms with Crippen molar-refractivity contribution in [3.05, 3.63) is 0 Å². The van der Waals surface area contributed by atoms with Gasteiger partial charge in [-0.2, -0.15) is 5.26 Å². The zero-order valence-corrected chi connectivity index (χ0v) is 10.6. The summed E-state index contributed by atoms with van der Waals surface area (Å²) in [5.74, 6) is -0.221. The maximum atomic E-state index is 11.7. The molecule has 7 heteroatoms. The number of nitrogens with zero attached hydrogens (tertiary/aromatic N) is 2. The van der Waals surface area contributed by atoms with Crippen molar-refractivity contribution in [1.82, 2.24) is 4.90 Å².